The minimum absolute atomic E-state index is 0.356. The maximum atomic E-state index is 4.56. The molecule has 3 aromatic rings. The molecule has 0 aliphatic carbocycles. The number of benzene rings is 1. The van der Waals surface area contributed by atoms with Gasteiger partial charge in [-0.25, -0.2) is 9.97 Å². The molecule has 21 heavy (non-hydrogen) atoms. The highest BCUT2D eigenvalue weighted by molar-refractivity contribution is 7.18. The average molecular weight is 299 g/mol. The summed E-state index contributed by atoms with van der Waals surface area (Å²) in [5, 5.41) is 1.13. The molecule has 0 saturated heterocycles. The zero-order valence-corrected chi connectivity index (χ0v) is 13.6. The molecule has 0 bridgehead atoms. The fourth-order valence-electron chi connectivity index (χ4n) is 3.10. The zero-order valence-electron chi connectivity index (χ0n) is 12.8. The molecule has 2 aromatic heterocycles. The van der Waals surface area contributed by atoms with Crippen molar-refractivity contribution in [2.45, 2.75) is 39.7 Å². The van der Waals surface area contributed by atoms with Gasteiger partial charge in [-0.3, -0.25) is 0 Å². The predicted molar refractivity (Wildman–Crippen MR) is 88.8 cm³/mol. The molecule has 0 radical (unpaired) electrons. The van der Waals surface area contributed by atoms with E-state index in [1.165, 1.54) is 23.1 Å². The van der Waals surface area contributed by atoms with Crippen LogP contribution in [0.3, 0.4) is 0 Å². The van der Waals surface area contributed by atoms with E-state index in [-0.39, 0.29) is 0 Å². The summed E-state index contributed by atoms with van der Waals surface area (Å²) in [6, 6.07) is 7.04. The number of aromatic nitrogens is 3. The lowest BCUT2D eigenvalue weighted by Gasteiger charge is -2.27. The Morgan fingerprint density at radius 3 is 2.71 bits per heavy atom. The van der Waals surface area contributed by atoms with Crippen LogP contribution in [0.5, 0.6) is 0 Å². The molecular weight excluding hydrogens is 278 g/mol. The number of fused-ring (bicyclic) bond motifs is 1. The number of thiazole rings is 1. The van der Waals surface area contributed by atoms with Gasteiger partial charge in [0, 0.05) is 12.4 Å². The Hall–Kier alpha value is -1.68. The molecule has 0 aliphatic rings. The number of aryl methyl sites for hydroxylation is 1. The fraction of sp³-hybridized carbons (Fsp3) is 0.412. The second kappa shape index (κ2) is 5.98. The van der Waals surface area contributed by atoms with Gasteiger partial charge < -0.3 is 4.57 Å². The van der Waals surface area contributed by atoms with Crippen LogP contribution in [-0.4, -0.2) is 14.5 Å². The molecule has 0 amide bonds. The van der Waals surface area contributed by atoms with Crippen molar-refractivity contribution in [3.63, 3.8) is 0 Å². The van der Waals surface area contributed by atoms with Crippen molar-refractivity contribution in [3.8, 4) is 0 Å². The van der Waals surface area contributed by atoms with Gasteiger partial charge >= 0.3 is 0 Å². The van der Waals surface area contributed by atoms with Crippen molar-refractivity contribution >= 4 is 21.6 Å². The van der Waals surface area contributed by atoms with Crippen molar-refractivity contribution in [2.24, 2.45) is 5.92 Å². The van der Waals surface area contributed by atoms with Crippen LogP contribution >= 0.6 is 11.3 Å². The number of hydrogen-bond donors (Lipinski definition) is 0. The summed E-state index contributed by atoms with van der Waals surface area (Å²) < 4.78 is 3.52. The van der Waals surface area contributed by atoms with Gasteiger partial charge in [0.25, 0.3) is 0 Å². The largest absolute Gasteiger partial charge is 0.330 e. The van der Waals surface area contributed by atoms with Crippen LogP contribution in [0.2, 0.25) is 0 Å². The molecule has 110 valence electrons. The Bertz CT molecular complexity index is 711. The molecule has 4 heteroatoms. The first kappa shape index (κ1) is 14.3. The summed E-state index contributed by atoms with van der Waals surface area (Å²) in [6.07, 6.45) is 8.21. The first-order valence-corrected chi connectivity index (χ1v) is 8.39. The van der Waals surface area contributed by atoms with E-state index in [2.05, 4.69) is 59.7 Å². The molecule has 0 fully saturated rings. The van der Waals surface area contributed by atoms with Crippen molar-refractivity contribution in [3.05, 3.63) is 47.5 Å². The van der Waals surface area contributed by atoms with Gasteiger partial charge in [-0.05, 0) is 30.5 Å². The molecule has 2 heterocycles. The smallest absolute Gasteiger partial charge is 0.0951 e. The Labute approximate surface area is 129 Å². The maximum absolute atomic E-state index is 4.56. The molecule has 1 unspecified atom stereocenters. The first-order chi connectivity index (χ1) is 10.2. The summed E-state index contributed by atoms with van der Waals surface area (Å²) in [6.45, 7) is 6.61. The van der Waals surface area contributed by atoms with E-state index in [9.17, 15) is 0 Å². The highest BCUT2D eigenvalue weighted by atomic mass is 32.1. The van der Waals surface area contributed by atoms with Crippen LogP contribution in [0.25, 0.3) is 10.2 Å². The standard InChI is InChI=1S/C17H21N3S/c1-4-13(5-2)17(20-9-8-18-11-20)14-6-7-15-16(10-14)21-12(3)19-15/h6-11,13,17H,4-5H2,1-3H3. The van der Waals surface area contributed by atoms with Gasteiger partial charge in [0.05, 0.1) is 27.6 Å². The summed E-state index contributed by atoms with van der Waals surface area (Å²) in [5.74, 6) is 0.616. The highest BCUT2D eigenvalue weighted by Gasteiger charge is 2.22. The van der Waals surface area contributed by atoms with Gasteiger partial charge in [0.15, 0.2) is 0 Å². The van der Waals surface area contributed by atoms with E-state index in [1.807, 2.05) is 12.5 Å². The lowest BCUT2D eigenvalue weighted by atomic mass is 9.88. The lowest BCUT2D eigenvalue weighted by Crippen LogP contribution is -2.18. The van der Waals surface area contributed by atoms with Crippen molar-refractivity contribution in [1.82, 2.24) is 14.5 Å². The Morgan fingerprint density at radius 2 is 2.05 bits per heavy atom. The Kier molecular flexibility index (Phi) is 4.06. The van der Waals surface area contributed by atoms with E-state index in [0.717, 1.165) is 10.5 Å². The van der Waals surface area contributed by atoms with Crippen LogP contribution in [-0.2, 0) is 0 Å². The predicted octanol–water partition coefficient (Wildman–Crippen LogP) is 4.83. The summed E-state index contributed by atoms with van der Waals surface area (Å²) >= 11 is 1.77. The molecular formula is C17H21N3S. The third kappa shape index (κ3) is 2.72. The molecule has 1 atom stereocenters. The molecule has 3 nitrogen and oxygen atoms in total. The minimum atomic E-state index is 0.356. The molecule has 0 spiro atoms. The number of nitrogens with zero attached hydrogens (tertiary/aromatic N) is 3. The third-order valence-corrected chi connectivity index (χ3v) is 5.14. The van der Waals surface area contributed by atoms with Crippen LogP contribution in [0.1, 0.15) is 43.3 Å². The van der Waals surface area contributed by atoms with E-state index >= 15 is 0 Å². The average Bonchev–Trinajstić information content (AvgIpc) is 3.11. The molecule has 0 aliphatic heterocycles. The number of rotatable bonds is 5. The summed E-state index contributed by atoms with van der Waals surface area (Å²) in [5.41, 5.74) is 2.47. The lowest BCUT2D eigenvalue weighted by molar-refractivity contribution is 0.355. The van der Waals surface area contributed by atoms with Gasteiger partial charge in [-0.15, -0.1) is 11.3 Å². The minimum Gasteiger partial charge on any atom is -0.330 e. The number of imidazole rings is 1. The monoisotopic (exact) mass is 299 g/mol. The summed E-state index contributed by atoms with van der Waals surface area (Å²) in [4.78, 5) is 8.80. The van der Waals surface area contributed by atoms with E-state index < -0.39 is 0 Å². The second-order valence-corrected chi connectivity index (χ2v) is 6.73. The van der Waals surface area contributed by atoms with Crippen LogP contribution < -0.4 is 0 Å². The van der Waals surface area contributed by atoms with Crippen molar-refractivity contribution in [1.29, 1.82) is 0 Å². The van der Waals surface area contributed by atoms with E-state index in [1.54, 1.807) is 11.3 Å². The van der Waals surface area contributed by atoms with Gasteiger partial charge in [-0.1, -0.05) is 32.8 Å². The van der Waals surface area contributed by atoms with Crippen LogP contribution in [0.15, 0.2) is 36.9 Å². The third-order valence-electron chi connectivity index (χ3n) is 4.20. The maximum Gasteiger partial charge on any atom is 0.0951 e. The van der Waals surface area contributed by atoms with Crippen LogP contribution in [0, 0.1) is 12.8 Å². The fourth-order valence-corrected chi connectivity index (χ4v) is 3.97. The quantitative estimate of drug-likeness (QED) is 0.675. The Balaban J connectivity index is 2.08. The normalized spacial score (nSPS) is 13.1. The summed E-state index contributed by atoms with van der Waals surface area (Å²) in [7, 11) is 0. The topological polar surface area (TPSA) is 30.7 Å². The Morgan fingerprint density at radius 1 is 1.24 bits per heavy atom. The van der Waals surface area contributed by atoms with Crippen LogP contribution in [0.4, 0.5) is 0 Å². The van der Waals surface area contributed by atoms with E-state index in [4.69, 9.17) is 0 Å². The molecule has 0 saturated carbocycles. The SMILES string of the molecule is CCC(CC)C(c1ccc2nc(C)sc2c1)n1ccnc1. The van der Waals surface area contributed by atoms with Crippen molar-refractivity contribution in [2.75, 3.05) is 0 Å². The highest BCUT2D eigenvalue weighted by Crippen LogP contribution is 2.34. The van der Waals surface area contributed by atoms with Gasteiger partial charge in [0.2, 0.25) is 0 Å². The molecule has 0 N–H and O–H groups in total. The van der Waals surface area contributed by atoms with Gasteiger partial charge in [0.1, 0.15) is 0 Å². The van der Waals surface area contributed by atoms with Gasteiger partial charge in [-0.2, -0.15) is 0 Å². The van der Waals surface area contributed by atoms with Crippen molar-refractivity contribution < 1.29 is 0 Å². The second-order valence-electron chi connectivity index (χ2n) is 5.49. The zero-order chi connectivity index (χ0) is 14.8. The number of hydrogen-bond acceptors (Lipinski definition) is 3. The molecule has 1 aromatic carbocycles. The van der Waals surface area contributed by atoms with E-state index in [0.29, 0.717) is 12.0 Å². The molecule has 3 rings (SSSR count). The first-order valence-electron chi connectivity index (χ1n) is 7.57.